The first-order chi connectivity index (χ1) is 14.1. The molecule has 0 atom stereocenters. The number of sulfonamides is 1. The molecule has 3 rings (SSSR count). The van der Waals surface area contributed by atoms with Gasteiger partial charge in [0.25, 0.3) is 0 Å². The van der Waals surface area contributed by atoms with Gasteiger partial charge >= 0.3 is 5.51 Å². The molecule has 11 heteroatoms. The number of nitrogens with one attached hydrogen (secondary N) is 1. The Kier molecular flexibility index (Phi) is 7.68. The summed E-state index contributed by atoms with van der Waals surface area (Å²) in [7, 11) is -3.86. The Hall–Kier alpha value is -0.910. The standard InChI is InChI=1S/C19H20ClF3N2O2S3/c20-17-6-1-13(11-18(17)29-19(21,22)23)12-25(14-7-9-24-10-8-14)30(26,27)16-4-2-15(28)3-5-16/h1-6,11,14,24,28H,7-10,12H2. The minimum atomic E-state index is -4.49. The number of piperidine rings is 1. The van der Waals surface area contributed by atoms with Crippen molar-refractivity contribution >= 4 is 46.0 Å². The summed E-state index contributed by atoms with van der Waals surface area (Å²) in [6.45, 7) is 1.29. The fraction of sp³-hybridized carbons (Fsp3) is 0.368. The molecule has 0 radical (unpaired) electrons. The van der Waals surface area contributed by atoms with Gasteiger partial charge < -0.3 is 5.32 Å². The molecule has 0 bridgehead atoms. The van der Waals surface area contributed by atoms with E-state index in [1.807, 2.05) is 0 Å². The molecule has 0 aromatic heterocycles. The predicted octanol–water partition coefficient (Wildman–Crippen LogP) is 5.18. The lowest BCUT2D eigenvalue weighted by Gasteiger charge is -2.34. The molecule has 1 fully saturated rings. The minimum absolute atomic E-state index is 0.0262. The summed E-state index contributed by atoms with van der Waals surface area (Å²) < 4.78 is 66.7. The normalized spacial score (nSPS) is 16.2. The third kappa shape index (κ3) is 6.08. The first kappa shape index (κ1) is 23.7. The van der Waals surface area contributed by atoms with Crippen LogP contribution in [0.4, 0.5) is 13.2 Å². The zero-order valence-corrected chi connectivity index (χ0v) is 19.0. The molecule has 4 nitrogen and oxygen atoms in total. The largest absolute Gasteiger partial charge is 0.446 e. The van der Waals surface area contributed by atoms with E-state index in [1.54, 1.807) is 18.2 Å². The van der Waals surface area contributed by atoms with E-state index in [0.717, 1.165) is 0 Å². The lowest BCUT2D eigenvalue weighted by atomic mass is 10.1. The Morgan fingerprint density at radius 3 is 2.37 bits per heavy atom. The number of thiol groups is 1. The number of benzene rings is 2. The van der Waals surface area contributed by atoms with E-state index >= 15 is 0 Å². The van der Waals surface area contributed by atoms with E-state index in [2.05, 4.69) is 17.9 Å². The first-order valence-corrected chi connectivity index (χ1v) is 12.2. The number of nitrogens with zero attached hydrogens (tertiary/aromatic N) is 1. The second-order valence-corrected chi connectivity index (χ2v) is 10.8. The van der Waals surface area contributed by atoms with Crippen molar-refractivity contribution < 1.29 is 21.6 Å². The van der Waals surface area contributed by atoms with Gasteiger partial charge in [-0.3, -0.25) is 0 Å². The molecule has 1 aliphatic heterocycles. The van der Waals surface area contributed by atoms with Crippen LogP contribution in [0.15, 0.2) is 57.2 Å². The summed E-state index contributed by atoms with van der Waals surface area (Å²) in [5.41, 5.74) is -4.04. The number of thioether (sulfide) groups is 1. The molecule has 0 amide bonds. The predicted molar refractivity (Wildman–Crippen MR) is 116 cm³/mol. The summed E-state index contributed by atoms with van der Waals surface area (Å²) in [5, 5.41) is 3.17. The van der Waals surface area contributed by atoms with Gasteiger partial charge in [0.15, 0.2) is 0 Å². The van der Waals surface area contributed by atoms with Gasteiger partial charge in [-0.25, -0.2) is 8.42 Å². The van der Waals surface area contributed by atoms with Crippen LogP contribution in [-0.4, -0.2) is 37.4 Å². The van der Waals surface area contributed by atoms with Crippen molar-refractivity contribution in [2.24, 2.45) is 0 Å². The molecule has 1 aliphatic rings. The quantitative estimate of drug-likeness (QED) is 0.427. The second-order valence-electron chi connectivity index (χ2n) is 6.84. The molecule has 2 aromatic carbocycles. The molecule has 1 heterocycles. The smallest absolute Gasteiger partial charge is 0.317 e. The molecule has 0 unspecified atom stereocenters. The zero-order chi connectivity index (χ0) is 21.9. The van der Waals surface area contributed by atoms with Crippen molar-refractivity contribution in [3.05, 3.63) is 53.1 Å². The van der Waals surface area contributed by atoms with Crippen molar-refractivity contribution in [2.75, 3.05) is 13.1 Å². The SMILES string of the molecule is O=S(=O)(c1ccc(S)cc1)N(Cc1ccc(Cl)c(SC(F)(F)F)c1)C1CCNCC1. The van der Waals surface area contributed by atoms with Crippen molar-refractivity contribution in [1.82, 2.24) is 9.62 Å². The topological polar surface area (TPSA) is 49.4 Å². The summed E-state index contributed by atoms with van der Waals surface area (Å²) in [4.78, 5) is 0.607. The molecule has 30 heavy (non-hydrogen) atoms. The van der Waals surface area contributed by atoms with Gasteiger partial charge in [0, 0.05) is 22.4 Å². The Morgan fingerprint density at radius 1 is 1.13 bits per heavy atom. The third-order valence-corrected chi connectivity index (χ3v) is 8.16. The van der Waals surface area contributed by atoms with E-state index in [1.165, 1.54) is 28.6 Å². The zero-order valence-electron chi connectivity index (χ0n) is 15.7. The highest BCUT2D eigenvalue weighted by molar-refractivity contribution is 8.00. The molecule has 1 saturated heterocycles. The number of hydrogen-bond acceptors (Lipinski definition) is 5. The van der Waals surface area contributed by atoms with Crippen molar-refractivity contribution in [3.8, 4) is 0 Å². The second kappa shape index (κ2) is 9.70. The van der Waals surface area contributed by atoms with Gasteiger partial charge in [-0.2, -0.15) is 17.5 Å². The van der Waals surface area contributed by atoms with Crippen LogP contribution >= 0.6 is 36.0 Å². The molecule has 0 aliphatic carbocycles. The van der Waals surface area contributed by atoms with E-state index in [4.69, 9.17) is 11.6 Å². The van der Waals surface area contributed by atoms with E-state index in [0.29, 0.717) is 36.4 Å². The monoisotopic (exact) mass is 496 g/mol. The highest BCUT2D eigenvalue weighted by Crippen LogP contribution is 2.41. The molecule has 2 aromatic rings. The fourth-order valence-corrected chi connectivity index (χ4v) is 5.97. The first-order valence-electron chi connectivity index (χ1n) is 9.12. The van der Waals surface area contributed by atoms with Gasteiger partial charge in [0.05, 0.1) is 9.92 Å². The van der Waals surface area contributed by atoms with Crippen LogP contribution in [0.3, 0.4) is 0 Å². The van der Waals surface area contributed by atoms with E-state index < -0.39 is 15.5 Å². The molecule has 0 saturated carbocycles. The molecular weight excluding hydrogens is 477 g/mol. The van der Waals surface area contributed by atoms with Gasteiger partial charge in [-0.15, -0.1) is 12.6 Å². The van der Waals surface area contributed by atoms with Crippen LogP contribution < -0.4 is 5.32 Å². The molecule has 1 N–H and O–H groups in total. The van der Waals surface area contributed by atoms with Crippen LogP contribution in [0.1, 0.15) is 18.4 Å². The Balaban J connectivity index is 1.95. The van der Waals surface area contributed by atoms with Crippen molar-refractivity contribution in [1.29, 1.82) is 0 Å². The molecule has 164 valence electrons. The van der Waals surface area contributed by atoms with Crippen molar-refractivity contribution in [3.63, 3.8) is 0 Å². The lowest BCUT2D eigenvalue weighted by Crippen LogP contribution is -2.45. The highest BCUT2D eigenvalue weighted by Gasteiger charge is 2.34. The maximum Gasteiger partial charge on any atom is 0.446 e. The Morgan fingerprint density at radius 2 is 1.77 bits per heavy atom. The Labute approximate surface area is 188 Å². The maximum absolute atomic E-state index is 13.4. The fourth-order valence-electron chi connectivity index (χ4n) is 3.29. The minimum Gasteiger partial charge on any atom is -0.317 e. The summed E-state index contributed by atoms with van der Waals surface area (Å²) in [6, 6.07) is 10.1. The van der Waals surface area contributed by atoms with Gasteiger partial charge in [-0.1, -0.05) is 17.7 Å². The number of hydrogen-bond donors (Lipinski definition) is 2. The summed E-state index contributed by atoms with van der Waals surface area (Å²) >= 11 is 9.80. The van der Waals surface area contributed by atoms with Crippen LogP contribution in [0.25, 0.3) is 0 Å². The lowest BCUT2D eigenvalue weighted by molar-refractivity contribution is -0.0328. The molecule has 0 spiro atoms. The highest BCUT2D eigenvalue weighted by atomic mass is 35.5. The average Bonchev–Trinajstić information content (AvgIpc) is 2.68. The number of rotatable bonds is 6. The van der Waals surface area contributed by atoms with Gasteiger partial charge in [0.2, 0.25) is 10.0 Å². The van der Waals surface area contributed by atoms with Crippen LogP contribution in [0.2, 0.25) is 5.02 Å². The summed E-state index contributed by atoms with van der Waals surface area (Å²) in [5.74, 6) is 0. The number of alkyl halides is 3. The number of halogens is 4. The van der Waals surface area contributed by atoms with Crippen LogP contribution in [0.5, 0.6) is 0 Å². The third-order valence-electron chi connectivity index (χ3n) is 4.72. The van der Waals surface area contributed by atoms with E-state index in [-0.39, 0.29) is 39.2 Å². The van der Waals surface area contributed by atoms with E-state index in [9.17, 15) is 21.6 Å². The maximum atomic E-state index is 13.4. The summed E-state index contributed by atoms with van der Waals surface area (Å²) in [6.07, 6.45) is 1.23. The van der Waals surface area contributed by atoms with Crippen LogP contribution in [-0.2, 0) is 16.6 Å². The van der Waals surface area contributed by atoms with Gasteiger partial charge in [-0.05, 0) is 79.7 Å². The Bertz CT molecular complexity index is 980. The van der Waals surface area contributed by atoms with Gasteiger partial charge in [0.1, 0.15) is 0 Å². The average molecular weight is 497 g/mol. The van der Waals surface area contributed by atoms with Crippen LogP contribution in [0, 0.1) is 0 Å². The van der Waals surface area contributed by atoms with Crippen molar-refractivity contribution in [2.45, 2.75) is 45.6 Å². The molecular formula is C19H20ClF3N2O2S3.